The van der Waals surface area contributed by atoms with Gasteiger partial charge in [0.05, 0.1) is 0 Å². The lowest BCUT2D eigenvalue weighted by atomic mass is 10.1. The van der Waals surface area contributed by atoms with Crippen molar-refractivity contribution in [1.82, 2.24) is 0 Å². The molecular weight excluding hydrogens is 134 g/mol. The fraction of sp³-hybridized carbons (Fsp3) is 0.250. The molecule has 0 radical (unpaired) electrons. The van der Waals surface area contributed by atoms with E-state index in [1.165, 1.54) is 6.08 Å². The van der Waals surface area contributed by atoms with Gasteiger partial charge in [-0.1, -0.05) is 25.3 Å². The van der Waals surface area contributed by atoms with Crippen LogP contribution in [0.3, 0.4) is 0 Å². The van der Waals surface area contributed by atoms with Gasteiger partial charge in [-0.15, -0.1) is 0 Å². The van der Waals surface area contributed by atoms with Crippen molar-refractivity contribution in [1.29, 1.82) is 0 Å². The van der Waals surface area contributed by atoms with E-state index in [0.717, 1.165) is 6.08 Å². The van der Waals surface area contributed by atoms with Gasteiger partial charge >= 0.3 is 0 Å². The average Bonchev–Trinajstić information content (AvgIpc) is 1.88. The molecule has 0 aliphatic carbocycles. The molecule has 0 fully saturated rings. The normalized spacial score (nSPS) is 12.8. The number of halogens is 2. The minimum Gasteiger partial charge on any atom is -0.205 e. The first-order valence-electron chi connectivity index (χ1n) is 2.87. The standard InChI is InChI=1S/C8H10F2/c1-4-6(3)7(5-2)8(9)10/h4-5,8H,1-2H2,3H3/b7-6+. The summed E-state index contributed by atoms with van der Waals surface area (Å²) >= 11 is 0. The maximum Gasteiger partial charge on any atom is 0.264 e. The highest BCUT2D eigenvalue weighted by Crippen LogP contribution is 2.14. The van der Waals surface area contributed by atoms with E-state index in [1.54, 1.807) is 6.92 Å². The van der Waals surface area contributed by atoms with Crippen LogP contribution >= 0.6 is 0 Å². The highest BCUT2D eigenvalue weighted by molar-refractivity contribution is 5.31. The lowest BCUT2D eigenvalue weighted by molar-refractivity contribution is 0.193. The van der Waals surface area contributed by atoms with Crippen LogP contribution in [0.5, 0.6) is 0 Å². The van der Waals surface area contributed by atoms with E-state index in [1.807, 2.05) is 0 Å². The zero-order valence-corrected chi connectivity index (χ0v) is 5.90. The van der Waals surface area contributed by atoms with Gasteiger partial charge in [-0.05, 0) is 12.5 Å². The summed E-state index contributed by atoms with van der Waals surface area (Å²) in [5.41, 5.74) is 0.431. The molecule has 0 rings (SSSR count). The van der Waals surface area contributed by atoms with E-state index in [9.17, 15) is 8.78 Å². The van der Waals surface area contributed by atoms with Crippen molar-refractivity contribution in [2.45, 2.75) is 13.3 Å². The van der Waals surface area contributed by atoms with E-state index >= 15 is 0 Å². The summed E-state index contributed by atoms with van der Waals surface area (Å²) in [5.74, 6) is 0. The van der Waals surface area contributed by atoms with Gasteiger partial charge in [0.25, 0.3) is 6.43 Å². The molecule has 0 saturated carbocycles. The summed E-state index contributed by atoms with van der Waals surface area (Å²) in [6, 6.07) is 0. The number of alkyl halides is 2. The fourth-order valence-corrected chi connectivity index (χ4v) is 0.540. The molecule has 0 unspecified atom stereocenters. The zero-order chi connectivity index (χ0) is 8.15. The second-order valence-electron chi connectivity index (χ2n) is 1.85. The molecule has 0 aliphatic rings. The lowest BCUT2D eigenvalue weighted by Crippen LogP contribution is -1.95. The quantitative estimate of drug-likeness (QED) is 0.534. The van der Waals surface area contributed by atoms with Crippen molar-refractivity contribution < 1.29 is 8.78 Å². The lowest BCUT2D eigenvalue weighted by Gasteiger charge is -2.01. The van der Waals surface area contributed by atoms with Gasteiger partial charge in [-0.25, -0.2) is 8.78 Å². The van der Waals surface area contributed by atoms with Crippen molar-refractivity contribution >= 4 is 0 Å². The van der Waals surface area contributed by atoms with Crippen molar-refractivity contribution in [3.05, 3.63) is 36.5 Å². The first kappa shape index (κ1) is 9.08. The van der Waals surface area contributed by atoms with Gasteiger partial charge in [0.1, 0.15) is 0 Å². The Kier molecular flexibility index (Phi) is 3.62. The Bertz CT molecular complexity index is 166. The third-order valence-electron chi connectivity index (χ3n) is 1.22. The Balaban J connectivity index is 4.61. The largest absolute Gasteiger partial charge is 0.264 e. The first-order chi connectivity index (χ1) is 4.63. The van der Waals surface area contributed by atoms with Crippen LogP contribution in [0.2, 0.25) is 0 Å². The Hall–Kier alpha value is -0.920. The first-order valence-corrected chi connectivity index (χ1v) is 2.87. The van der Waals surface area contributed by atoms with E-state index in [4.69, 9.17) is 0 Å². The van der Waals surface area contributed by atoms with Crippen LogP contribution < -0.4 is 0 Å². The van der Waals surface area contributed by atoms with E-state index in [-0.39, 0.29) is 5.57 Å². The Labute approximate surface area is 59.6 Å². The van der Waals surface area contributed by atoms with Gasteiger partial charge in [0.2, 0.25) is 0 Å². The van der Waals surface area contributed by atoms with E-state index in [0.29, 0.717) is 5.57 Å². The molecule has 0 spiro atoms. The molecule has 0 aromatic heterocycles. The van der Waals surface area contributed by atoms with Gasteiger partial charge in [-0.2, -0.15) is 0 Å². The zero-order valence-electron chi connectivity index (χ0n) is 5.90. The van der Waals surface area contributed by atoms with Crippen LogP contribution in [-0.4, -0.2) is 6.43 Å². The highest BCUT2D eigenvalue weighted by Gasteiger charge is 2.08. The van der Waals surface area contributed by atoms with Crippen molar-refractivity contribution in [2.24, 2.45) is 0 Å². The molecule has 0 heterocycles. The van der Waals surface area contributed by atoms with E-state index in [2.05, 4.69) is 13.2 Å². The maximum atomic E-state index is 12.0. The maximum absolute atomic E-state index is 12.0. The molecule has 0 nitrogen and oxygen atoms in total. The minimum absolute atomic E-state index is 0.0463. The predicted molar refractivity (Wildman–Crippen MR) is 39.1 cm³/mol. The molecule has 56 valence electrons. The SMILES string of the molecule is C=C/C(C)=C(\C=C)C(F)F. The molecule has 0 aromatic carbocycles. The van der Waals surface area contributed by atoms with Crippen LogP contribution in [0.25, 0.3) is 0 Å². The molecule has 0 atom stereocenters. The van der Waals surface area contributed by atoms with Gasteiger partial charge in [0, 0.05) is 5.57 Å². The minimum atomic E-state index is -2.45. The highest BCUT2D eigenvalue weighted by atomic mass is 19.3. The molecule has 0 amide bonds. The second kappa shape index (κ2) is 3.99. The molecule has 0 aromatic rings. The summed E-state index contributed by atoms with van der Waals surface area (Å²) in [7, 11) is 0. The van der Waals surface area contributed by atoms with Crippen LogP contribution in [-0.2, 0) is 0 Å². The Morgan fingerprint density at radius 1 is 1.30 bits per heavy atom. The van der Waals surface area contributed by atoms with E-state index < -0.39 is 6.43 Å². The summed E-state index contributed by atoms with van der Waals surface area (Å²) in [5, 5.41) is 0. The number of allylic oxidation sites excluding steroid dienone is 4. The summed E-state index contributed by atoms with van der Waals surface area (Å²) in [4.78, 5) is 0. The van der Waals surface area contributed by atoms with Crippen molar-refractivity contribution in [3.63, 3.8) is 0 Å². The summed E-state index contributed by atoms with van der Waals surface area (Å²) in [6.45, 7) is 8.22. The van der Waals surface area contributed by atoms with Crippen LogP contribution in [0, 0.1) is 0 Å². The third-order valence-corrected chi connectivity index (χ3v) is 1.22. The van der Waals surface area contributed by atoms with Crippen molar-refractivity contribution in [3.8, 4) is 0 Å². The Morgan fingerprint density at radius 3 is 1.90 bits per heavy atom. The van der Waals surface area contributed by atoms with Crippen molar-refractivity contribution in [2.75, 3.05) is 0 Å². The monoisotopic (exact) mass is 144 g/mol. The third kappa shape index (κ3) is 2.13. The molecule has 2 heteroatoms. The molecule has 0 aliphatic heterocycles. The fourth-order valence-electron chi connectivity index (χ4n) is 0.540. The topological polar surface area (TPSA) is 0 Å². The van der Waals surface area contributed by atoms with Gasteiger partial charge in [0.15, 0.2) is 0 Å². The second-order valence-corrected chi connectivity index (χ2v) is 1.85. The number of hydrogen-bond donors (Lipinski definition) is 0. The Morgan fingerprint density at radius 2 is 1.80 bits per heavy atom. The molecule has 0 saturated heterocycles. The van der Waals surface area contributed by atoms with Crippen LogP contribution in [0.1, 0.15) is 6.92 Å². The molecule has 10 heavy (non-hydrogen) atoms. The molecular formula is C8H10F2. The van der Waals surface area contributed by atoms with Crippen LogP contribution in [0.4, 0.5) is 8.78 Å². The number of rotatable bonds is 3. The molecule has 0 bridgehead atoms. The average molecular weight is 144 g/mol. The predicted octanol–water partition coefficient (Wildman–Crippen LogP) is 2.94. The number of hydrogen-bond acceptors (Lipinski definition) is 0. The van der Waals surface area contributed by atoms with Gasteiger partial charge < -0.3 is 0 Å². The smallest absolute Gasteiger partial charge is 0.205 e. The molecule has 0 N–H and O–H groups in total. The summed E-state index contributed by atoms with van der Waals surface area (Å²) < 4.78 is 23.9. The van der Waals surface area contributed by atoms with Gasteiger partial charge in [-0.3, -0.25) is 0 Å². The van der Waals surface area contributed by atoms with Crippen LogP contribution in [0.15, 0.2) is 36.5 Å². The summed E-state index contributed by atoms with van der Waals surface area (Å²) in [6.07, 6.45) is 0.0979.